The van der Waals surface area contributed by atoms with E-state index in [1.807, 2.05) is 53.9 Å². The predicted octanol–water partition coefficient (Wildman–Crippen LogP) is 4.69. The number of thiazole rings is 1. The third-order valence-electron chi connectivity index (χ3n) is 4.25. The molecule has 28 heavy (non-hydrogen) atoms. The molecular formula is C20H17ClN4O2S. The lowest BCUT2D eigenvalue weighted by Gasteiger charge is -2.03. The van der Waals surface area contributed by atoms with Gasteiger partial charge in [-0.05, 0) is 36.2 Å². The highest BCUT2D eigenvalue weighted by Crippen LogP contribution is 2.28. The number of amides is 1. The first-order valence-electron chi connectivity index (χ1n) is 8.65. The van der Waals surface area contributed by atoms with Crippen molar-refractivity contribution in [3.05, 3.63) is 64.5 Å². The number of hydrogen-bond donors (Lipinski definition) is 1. The topological polar surface area (TPSA) is 68.5 Å². The fourth-order valence-electron chi connectivity index (χ4n) is 2.81. The van der Waals surface area contributed by atoms with Gasteiger partial charge in [0.2, 0.25) is 16.8 Å². The highest BCUT2D eigenvalue weighted by Gasteiger charge is 2.14. The Morgan fingerprint density at radius 3 is 2.86 bits per heavy atom. The number of aromatic nitrogens is 3. The van der Waals surface area contributed by atoms with Crippen molar-refractivity contribution in [1.82, 2.24) is 14.6 Å². The molecule has 0 bridgehead atoms. The van der Waals surface area contributed by atoms with Crippen molar-refractivity contribution in [1.29, 1.82) is 0 Å². The van der Waals surface area contributed by atoms with Gasteiger partial charge in [0.25, 0.3) is 0 Å². The molecule has 0 spiro atoms. The van der Waals surface area contributed by atoms with Crippen LogP contribution in [0.5, 0.6) is 5.75 Å². The molecule has 0 unspecified atom stereocenters. The Bertz CT molecular complexity index is 1120. The van der Waals surface area contributed by atoms with E-state index < -0.39 is 0 Å². The minimum absolute atomic E-state index is 0.129. The number of carbonyl (C=O) groups is 1. The molecule has 0 saturated carbocycles. The Morgan fingerprint density at radius 1 is 1.25 bits per heavy atom. The second-order valence-electron chi connectivity index (χ2n) is 6.16. The van der Waals surface area contributed by atoms with Crippen LogP contribution in [0.15, 0.2) is 53.9 Å². The lowest BCUT2D eigenvalue weighted by Crippen LogP contribution is -2.13. The molecule has 2 aromatic heterocycles. The number of anilines is 1. The van der Waals surface area contributed by atoms with Gasteiger partial charge in [0.15, 0.2) is 0 Å². The van der Waals surface area contributed by atoms with Crippen LogP contribution in [0.2, 0.25) is 5.02 Å². The van der Waals surface area contributed by atoms with Crippen molar-refractivity contribution in [2.75, 3.05) is 12.4 Å². The maximum atomic E-state index is 12.3. The first-order valence-corrected chi connectivity index (χ1v) is 9.91. The van der Waals surface area contributed by atoms with Gasteiger partial charge in [-0.2, -0.15) is 4.98 Å². The second-order valence-corrected chi connectivity index (χ2v) is 7.43. The SMILES string of the molecule is COc1cccc(-c2csc3nc(NC(=O)CCc4ccc(Cl)cc4)nn23)c1. The average Bonchev–Trinajstić information content (AvgIpc) is 3.27. The van der Waals surface area contributed by atoms with Crippen LogP contribution in [0.3, 0.4) is 0 Å². The van der Waals surface area contributed by atoms with Crippen LogP contribution < -0.4 is 10.1 Å². The summed E-state index contributed by atoms with van der Waals surface area (Å²) >= 11 is 7.35. The van der Waals surface area contributed by atoms with Crippen LogP contribution in [0, 0.1) is 0 Å². The van der Waals surface area contributed by atoms with Crippen LogP contribution in [-0.4, -0.2) is 27.6 Å². The number of nitrogens with one attached hydrogen (secondary N) is 1. The van der Waals surface area contributed by atoms with Gasteiger partial charge >= 0.3 is 0 Å². The normalized spacial score (nSPS) is 10.9. The van der Waals surface area contributed by atoms with Crippen LogP contribution in [0.4, 0.5) is 5.95 Å². The molecule has 1 N–H and O–H groups in total. The zero-order valence-electron chi connectivity index (χ0n) is 15.1. The fourth-order valence-corrected chi connectivity index (χ4v) is 3.77. The third kappa shape index (κ3) is 4.00. The molecule has 1 amide bonds. The Hall–Kier alpha value is -2.90. The smallest absolute Gasteiger partial charge is 0.250 e. The van der Waals surface area contributed by atoms with E-state index in [1.54, 1.807) is 11.6 Å². The summed E-state index contributed by atoms with van der Waals surface area (Å²) in [7, 11) is 1.63. The predicted molar refractivity (Wildman–Crippen MR) is 111 cm³/mol. The summed E-state index contributed by atoms with van der Waals surface area (Å²) in [6, 6.07) is 15.2. The van der Waals surface area contributed by atoms with Crippen molar-refractivity contribution >= 4 is 39.8 Å². The molecule has 4 aromatic rings. The summed E-state index contributed by atoms with van der Waals surface area (Å²) < 4.78 is 7.02. The van der Waals surface area contributed by atoms with E-state index in [2.05, 4.69) is 15.4 Å². The van der Waals surface area contributed by atoms with Gasteiger partial charge in [-0.1, -0.05) is 35.9 Å². The van der Waals surface area contributed by atoms with Crippen LogP contribution in [0.1, 0.15) is 12.0 Å². The van der Waals surface area contributed by atoms with E-state index in [0.29, 0.717) is 28.8 Å². The van der Waals surface area contributed by atoms with Gasteiger partial charge in [-0.25, -0.2) is 4.52 Å². The minimum atomic E-state index is -0.129. The molecule has 2 aromatic carbocycles. The number of fused-ring (bicyclic) bond motifs is 1. The standard InChI is InChI=1S/C20H17ClN4O2S/c1-27-16-4-2-3-14(11-16)17-12-28-20-23-19(24-25(17)20)22-18(26)10-7-13-5-8-15(21)9-6-13/h2-6,8-9,11-12H,7,10H2,1H3,(H,22,24,26). The average molecular weight is 413 g/mol. The van der Waals surface area contributed by atoms with Crippen LogP contribution >= 0.6 is 22.9 Å². The van der Waals surface area contributed by atoms with Gasteiger partial charge in [-0.15, -0.1) is 16.4 Å². The number of benzene rings is 2. The number of rotatable bonds is 6. The number of methoxy groups -OCH3 is 1. The molecule has 4 rings (SSSR count). The number of aryl methyl sites for hydroxylation is 1. The molecule has 142 valence electrons. The maximum absolute atomic E-state index is 12.3. The van der Waals surface area contributed by atoms with E-state index in [-0.39, 0.29) is 5.91 Å². The molecule has 0 radical (unpaired) electrons. The van der Waals surface area contributed by atoms with E-state index in [4.69, 9.17) is 16.3 Å². The minimum Gasteiger partial charge on any atom is -0.497 e. The van der Waals surface area contributed by atoms with Crippen molar-refractivity contribution in [3.8, 4) is 17.0 Å². The molecule has 0 fully saturated rings. The quantitative estimate of drug-likeness (QED) is 0.498. The summed E-state index contributed by atoms with van der Waals surface area (Å²) in [5.74, 6) is 0.945. The Labute approximate surface area is 170 Å². The van der Waals surface area contributed by atoms with Crippen molar-refractivity contribution in [2.45, 2.75) is 12.8 Å². The lowest BCUT2D eigenvalue weighted by atomic mass is 10.1. The molecule has 2 heterocycles. The summed E-state index contributed by atoms with van der Waals surface area (Å²) in [5, 5.41) is 9.88. The molecule has 6 nitrogen and oxygen atoms in total. The van der Waals surface area contributed by atoms with E-state index in [0.717, 1.165) is 22.6 Å². The monoisotopic (exact) mass is 412 g/mol. The van der Waals surface area contributed by atoms with Gasteiger partial charge in [-0.3, -0.25) is 10.1 Å². The molecule has 0 aliphatic carbocycles. The first-order chi connectivity index (χ1) is 13.6. The van der Waals surface area contributed by atoms with E-state index in [1.165, 1.54) is 11.3 Å². The van der Waals surface area contributed by atoms with Crippen molar-refractivity contribution < 1.29 is 9.53 Å². The van der Waals surface area contributed by atoms with E-state index in [9.17, 15) is 4.79 Å². The number of halogens is 1. The fraction of sp³-hybridized carbons (Fsp3) is 0.150. The zero-order valence-corrected chi connectivity index (χ0v) is 16.6. The van der Waals surface area contributed by atoms with Gasteiger partial charge in [0.1, 0.15) is 5.75 Å². The van der Waals surface area contributed by atoms with Crippen molar-refractivity contribution in [3.63, 3.8) is 0 Å². The third-order valence-corrected chi connectivity index (χ3v) is 5.32. The summed E-state index contributed by atoms with van der Waals surface area (Å²) in [4.78, 5) is 17.4. The largest absolute Gasteiger partial charge is 0.497 e. The Kier molecular flexibility index (Phi) is 5.27. The molecule has 0 aliphatic rings. The Morgan fingerprint density at radius 2 is 2.07 bits per heavy atom. The number of ether oxygens (including phenoxy) is 1. The number of hydrogen-bond acceptors (Lipinski definition) is 5. The first kappa shape index (κ1) is 18.5. The summed E-state index contributed by atoms with van der Waals surface area (Å²) in [5.41, 5.74) is 2.92. The Balaban J connectivity index is 1.47. The lowest BCUT2D eigenvalue weighted by molar-refractivity contribution is -0.116. The maximum Gasteiger partial charge on any atom is 0.250 e. The highest BCUT2D eigenvalue weighted by molar-refractivity contribution is 7.15. The molecule has 0 saturated heterocycles. The molecule has 0 aliphatic heterocycles. The molecular weight excluding hydrogens is 396 g/mol. The van der Waals surface area contributed by atoms with Gasteiger partial charge < -0.3 is 4.74 Å². The van der Waals surface area contributed by atoms with Crippen LogP contribution in [0.25, 0.3) is 16.2 Å². The van der Waals surface area contributed by atoms with Crippen molar-refractivity contribution in [2.24, 2.45) is 0 Å². The van der Waals surface area contributed by atoms with Gasteiger partial charge in [0, 0.05) is 22.4 Å². The summed E-state index contributed by atoms with van der Waals surface area (Å²) in [6.07, 6.45) is 0.970. The molecule has 8 heteroatoms. The summed E-state index contributed by atoms with van der Waals surface area (Å²) in [6.45, 7) is 0. The van der Waals surface area contributed by atoms with Crippen LogP contribution in [-0.2, 0) is 11.2 Å². The second kappa shape index (κ2) is 8.00. The number of carbonyl (C=O) groups excluding carboxylic acids is 1. The van der Waals surface area contributed by atoms with Gasteiger partial charge in [0.05, 0.1) is 12.8 Å². The molecule has 0 atom stereocenters. The number of nitrogens with zero attached hydrogens (tertiary/aromatic N) is 3. The highest BCUT2D eigenvalue weighted by atomic mass is 35.5. The zero-order chi connectivity index (χ0) is 19.5. The van der Waals surface area contributed by atoms with E-state index >= 15 is 0 Å².